The van der Waals surface area contributed by atoms with E-state index in [0.29, 0.717) is 0 Å². The Morgan fingerprint density at radius 2 is 2.10 bits per heavy atom. The van der Waals surface area contributed by atoms with Crippen molar-refractivity contribution in [2.45, 2.75) is 45.0 Å². The number of H-pyrrole nitrogens is 1. The van der Waals surface area contributed by atoms with E-state index in [1.807, 2.05) is 5.10 Å². The lowest BCUT2D eigenvalue weighted by atomic mass is 10.1. The van der Waals surface area contributed by atoms with E-state index in [1.165, 1.54) is 0 Å². The third kappa shape index (κ3) is 5.62. The number of amides is 1. The Morgan fingerprint density at radius 3 is 2.57 bits per heavy atom. The van der Waals surface area contributed by atoms with Gasteiger partial charge in [0.25, 0.3) is 0 Å². The third-order valence-corrected chi connectivity index (χ3v) is 2.47. The molecule has 0 saturated heterocycles. The molecule has 6 nitrogen and oxygen atoms in total. The first-order chi connectivity index (χ1) is 9.53. The van der Waals surface area contributed by atoms with Crippen molar-refractivity contribution in [3.05, 3.63) is 17.5 Å². The number of nitrogens with zero attached hydrogens (tertiary/aromatic N) is 1. The summed E-state index contributed by atoms with van der Waals surface area (Å²) < 4.78 is 43.2. The van der Waals surface area contributed by atoms with Gasteiger partial charge < -0.3 is 15.8 Å². The van der Waals surface area contributed by atoms with E-state index in [0.717, 1.165) is 6.20 Å². The molecule has 0 aliphatic carbocycles. The molecule has 1 amide bonds. The summed E-state index contributed by atoms with van der Waals surface area (Å²) >= 11 is 0. The predicted octanol–water partition coefficient (Wildman–Crippen LogP) is 1.82. The lowest BCUT2D eigenvalue weighted by molar-refractivity contribution is -0.141. The molecule has 9 heteroatoms. The summed E-state index contributed by atoms with van der Waals surface area (Å²) in [4.78, 5) is 11.6. The molecule has 21 heavy (non-hydrogen) atoms. The normalized spacial score (nSPS) is 13.9. The van der Waals surface area contributed by atoms with Crippen molar-refractivity contribution >= 4 is 6.09 Å². The minimum Gasteiger partial charge on any atom is -0.444 e. The van der Waals surface area contributed by atoms with Gasteiger partial charge in [0.05, 0.1) is 6.20 Å². The molecule has 0 aliphatic rings. The Bertz CT molecular complexity index is 480. The summed E-state index contributed by atoms with van der Waals surface area (Å²) in [6, 6.07) is -0.682. The van der Waals surface area contributed by atoms with Crippen LogP contribution in [0.3, 0.4) is 0 Å². The molecule has 1 aromatic heterocycles. The average Bonchev–Trinajstić information content (AvgIpc) is 2.73. The van der Waals surface area contributed by atoms with Crippen LogP contribution in [0.2, 0.25) is 0 Å². The van der Waals surface area contributed by atoms with Crippen molar-refractivity contribution < 1.29 is 22.7 Å². The van der Waals surface area contributed by atoms with Gasteiger partial charge in [-0.2, -0.15) is 18.3 Å². The van der Waals surface area contributed by atoms with E-state index in [-0.39, 0.29) is 18.5 Å². The van der Waals surface area contributed by atoms with Crippen LogP contribution >= 0.6 is 0 Å². The van der Waals surface area contributed by atoms with Crippen LogP contribution in [0, 0.1) is 0 Å². The van der Waals surface area contributed by atoms with Gasteiger partial charge in [-0.3, -0.25) is 5.10 Å². The number of hydrogen-bond donors (Lipinski definition) is 3. The van der Waals surface area contributed by atoms with Gasteiger partial charge in [-0.1, -0.05) is 0 Å². The fourth-order valence-electron chi connectivity index (χ4n) is 1.64. The summed E-state index contributed by atoms with van der Waals surface area (Å²) in [6.45, 7) is 5.02. The highest BCUT2D eigenvalue weighted by molar-refractivity contribution is 5.68. The molecule has 0 spiro atoms. The summed E-state index contributed by atoms with van der Waals surface area (Å²) in [6.07, 6.45) is -4.28. The molecule has 0 saturated carbocycles. The van der Waals surface area contributed by atoms with Gasteiger partial charge in [-0.15, -0.1) is 0 Å². The van der Waals surface area contributed by atoms with Crippen LogP contribution in [0.4, 0.5) is 18.0 Å². The van der Waals surface area contributed by atoms with Crippen molar-refractivity contribution in [2.24, 2.45) is 5.73 Å². The first-order valence-electron chi connectivity index (χ1n) is 6.32. The van der Waals surface area contributed by atoms with Crippen LogP contribution in [0.25, 0.3) is 0 Å². The number of alkyl carbamates (subject to hydrolysis) is 1. The number of hydrogen-bond acceptors (Lipinski definition) is 4. The highest BCUT2D eigenvalue weighted by Gasteiger charge is 2.36. The molecule has 0 aliphatic heterocycles. The fraction of sp³-hybridized carbons (Fsp3) is 0.667. The Kier molecular flexibility index (Phi) is 5.21. The van der Waals surface area contributed by atoms with E-state index in [1.54, 1.807) is 20.8 Å². The molecule has 0 aromatic carbocycles. The number of alkyl halides is 3. The minimum absolute atomic E-state index is 0.0261. The van der Waals surface area contributed by atoms with E-state index < -0.39 is 29.6 Å². The van der Waals surface area contributed by atoms with Crippen LogP contribution in [-0.2, 0) is 17.3 Å². The van der Waals surface area contributed by atoms with Crippen LogP contribution in [0.1, 0.15) is 32.0 Å². The second kappa shape index (κ2) is 6.33. The first-order valence-corrected chi connectivity index (χ1v) is 6.32. The van der Waals surface area contributed by atoms with E-state index in [2.05, 4.69) is 10.4 Å². The van der Waals surface area contributed by atoms with Gasteiger partial charge in [-0.25, -0.2) is 4.79 Å². The van der Waals surface area contributed by atoms with Crippen molar-refractivity contribution in [2.75, 3.05) is 6.54 Å². The lowest BCUT2D eigenvalue weighted by Gasteiger charge is -2.23. The fourth-order valence-corrected chi connectivity index (χ4v) is 1.64. The summed E-state index contributed by atoms with van der Waals surface area (Å²) in [5.74, 6) is 0. The Labute approximate surface area is 120 Å². The van der Waals surface area contributed by atoms with Crippen LogP contribution < -0.4 is 11.1 Å². The van der Waals surface area contributed by atoms with Crippen LogP contribution in [0.15, 0.2) is 6.20 Å². The number of nitrogens with one attached hydrogen (secondary N) is 2. The van der Waals surface area contributed by atoms with Crippen LogP contribution in [-0.4, -0.2) is 34.5 Å². The highest BCUT2D eigenvalue weighted by atomic mass is 19.4. The summed E-state index contributed by atoms with van der Waals surface area (Å²) in [7, 11) is 0. The molecule has 1 atom stereocenters. The van der Waals surface area contributed by atoms with Crippen molar-refractivity contribution in [3.63, 3.8) is 0 Å². The maximum Gasteiger partial charge on any atom is 0.433 e. The zero-order chi connectivity index (χ0) is 16.3. The lowest BCUT2D eigenvalue weighted by Crippen LogP contribution is -2.44. The molecule has 1 rings (SSSR count). The smallest absolute Gasteiger partial charge is 0.433 e. The molecule has 0 radical (unpaired) electrons. The largest absolute Gasteiger partial charge is 0.444 e. The highest BCUT2D eigenvalue weighted by Crippen LogP contribution is 2.30. The molecule has 4 N–H and O–H groups in total. The quantitative estimate of drug-likeness (QED) is 0.791. The number of rotatable bonds is 4. The topological polar surface area (TPSA) is 93.0 Å². The molecule has 0 bridgehead atoms. The van der Waals surface area contributed by atoms with Gasteiger partial charge in [0.1, 0.15) is 11.3 Å². The Morgan fingerprint density at radius 1 is 1.48 bits per heavy atom. The average molecular weight is 308 g/mol. The Hall–Kier alpha value is -1.77. The number of carbonyl (C=O) groups excluding carboxylic acids is 1. The number of aromatic amines is 1. The molecule has 1 aromatic rings. The number of nitrogens with two attached hydrogens (primary N) is 1. The van der Waals surface area contributed by atoms with E-state index >= 15 is 0 Å². The van der Waals surface area contributed by atoms with Crippen molar-refractivity contribution in [1.29, 1.82) is 0 Å². The molecule has 120 valence electrons. The number of aromatic nitrogens is 2. The molecule has 1 heterocycles. The summed E-state index contributed by atoms with van der Waals surface area (Å²) in [5, 5.41) is 7.74. The number of carbonyl (C=O) groups is 1. The first kappa shape index (κ1) is 17.3. The van der Waals surface area contributed by atoms with Gasteiger partial charge in [0, 0.05) is 18.2 Å². The van der Waals surface area contributed by atoms with Gasteiger partial charge in [-0.05, 0) is 27.2 Å². The standard InChI is InChI=1S/C12H19F3N4O2/c1-11(2,3)21-10(20)18-8(5-16)4-7-6-17-19-9(7)12(13,14)15/h6,8H,4-5,16H2,1-3H3,(H,17,19)(H,18,20). The van der Waals surface area contributed by atoms with Gasteiger partial charge in [0.2, 0.25) is 0 Å². The SMILES string of the molecule is CC(C)(C)OC(=O)NC(CN)Cc1cn[nH]c1C(F)(F)F. The molecule has 0 fully saturated rings. The van der Waals surface area contributed by atoms with Gasteiger partial charge >= 0.3 is 12.3 Å². The second-order valence-electron chi connectivity index (χ2n) is 5.55. The third-order valence-electron chi connectivity index (χ3n) is 2.47. The molecular formula is C12H19F3N4O2. The zero-order valence-corrected chi connectivity index (χ0v) is 12.0. The predicted molar refractivity (Wildman–Crippen MR) is 69.5 cm³/mol. The zero-order valence-electron chi connectivity index (χ0n) is 12.0. The maximum atomic E-state index is 12.7. The monoisotopic (exact) mass is 308 g/mol. The van der Waals surface area contributed by atoms with Crippen molar-refractivity contribution in [1.82, 2.24) is 15.5 Å². The van der Waals surface area contributed by atoms with Gasteiger partial charge in [0.15, 0.2) is 0 Å². The van der Waals surface area contributed by atoms with E-state index in [4.69, 9.17) is 10.5 Å². The molecular weight excluding hydrogens is 289 g/mol. The number of halogens is 3. The van der Waals surface area contributed by atoms with Crippen LogP contribution in [0.5, 0.6) is 0 Å². The Balaban J connectivity index is 2.71. The second-order valence-corrected chi connectivity index (χ2v) is 5.55. The van der Waals surface area contributed by atoms with E-state index in [9.17, 15) is 18.0 Å². The maximum absolute atomic E-state index is 12.7. The summed E-state index contributed by atoms with van der Waals surface area (Å²) in [5.41, 5.74) is 3.78. The minimum atomic E-state index is -4.53. The number of ether oxygens (including phenoxy) is 1. The van der Waals surface area contributed by atoms with Crippen molar-refractivity contribution in [3.8, 4) is 0 Å². The molecule has 1 unspecified atom stereocenters.